The molecule has 3 heterocycles. The number of fused-ring (bicyclic) bond motifs is 1. The van der Waals surface area contributed by atoms with E-state index in [9.17, 15) is 4.79 Å². The molecule has 0 fully saturated rings. The summed E-state index contributed by atoms with van der Waals surface area (Å²) < 4.78 is 3.59. The van der Waals surface area contributed by atoms with E-state index in [0.717, 1.165) is 11.3 Å². The van der Waals surface area contributed by atoms with Gasteiger partial charge < -0.3 is 5.32 Å². The maximum atomic E-state index is 12.5. The summed E-state index contributed by atoms with van der Waals surface area (Å²) in [5.41, 5.74) is 2.10. The van der Waals surface area contributed by atoms with Gasteiger partial charge in [-0.05, 0) is 24.3 Å². The van der Waals surface area contributed by atoms with E-state index >= 15 is 0 Å². The maximum Gasteiger partial charge on any atom is 0.270 e. The second kappa shape index (κ2) is 5.96. The predicted octanol–water partition coefficient (Wildman–Crippen LogP) is 1.84. The van der Waals surface area contributed by atoms with Crippen LogP contribution < -0.4 is 5.32 Å². The molecule has 0 bridgehead atoms. The average molecular weight is 318 g/mol. The Hall–Kier alpha value is -3.48. The smallest absolute Gasteiger partial charge is 0.270 e. The molecule has 7 heteroatoms. The highest BCUT2D eigenvalue weighted by Gasteiger charge is 2.14. The average Bonchev–Trinajstić information content (AvgIpc) is 3.28. The van der Waals surface area contributed by atoms with Crippen molar-refractivity contribution in [2.75, 3.05) is 0 Å². The Kier molecular flexibility index (Phi) is 3.51. The Morgan fingerprint density at radius 1 is 1.04 bits per heavy atom. The molecule has 1 amide bonds. The summed E-state index contributed by atoms with van der Waals surface area (Å²) in [5, 5.41) is 11.0. The van der Waals surface area contributed by atoms with Crippen LogP contribution in [-0.4, -0.2) is 30.1 Å². The number of pyridine rings is 1. The number of para-hydroxylation sites is 1. The zero-order valence-corrected chi connectivity index (χ0v) is 12.7. The first-order chi connectivity index (χ1) is 11.8. The molecule has 0 radical (unpaired) electrons. The van der Waals surface area contributed by atoms with Gasteiger partial charge in [-0.3, -0.25) is 13.8 Å². The van der Waals surface area contributed by atoms with Crippen molar-refractivity contribution in [3.05, 3.63) is 78.8 Å². The Bertz CT molecular complexity index is 988. The van der Waals surface area contributed by atoms with E-state index in [-0.39, 0.29) is 12.5 Å². The summed E-state index contributed by atoms with van der Waals surface area (Å²) in [6.07, 6.45) is 5.03. The third-order valence-corrected chi connectivity index (χ3v) is 3.70. The van der Waals surface area contributed by atoms with Crippen LogP contribution in [0.4, 0.5) is 0 Å². The van der Waals surface area contributed by atoms with Gasteiger partial charge in [0.05, 0.1) is 19.1 Å². The molecule has 118 valence electrons. The largest absolute Gasteiger partial charge is 0.343 e. The summed E-state index contributed by atoms with van der Waals surface area (Å²) >= 11 is 0. The van der Waals surface area contributed by atoms with Crippen LogP contribution in [0, 0.1) is 0 Å². The van der Waals surface area contributed by atoms with Gasteiger partial charge in [0, 0.05) is 11.9 Å². The zero-order valence-electron chi connectivity index (χ0n) is 12.7. The fourth-order valence-corrected chi connectivity index (χ4v) is 2.52. The fourth-order valence-electron chi connectivity index (χ4n) is 2.52. The van der Waals surface area contributed by atoms with E-state index in [2.05, 4.69) is 20.5 Å². The van der Waals surface area contributed by atoms with Crippen molar-refractivity contribution >= 4 is 11.6 Å². The van der Waals surface area contributed by atoms with Crippen molar-refractivity contribution in [3.63, 3.8) is 0 Å². The molecular weight excluding hydrogens is 304 g/mol. The molecule has 0 aliphatic heterocycles. The lowest BCUT2D eigenvalue weighted by molar-refractivity contribution is 0.0943. The van der Waals surface area contributed by atoms with Gasteiger partial charge in [-0.15, -0.1) is 10.2 Å². The topological polar surface area (TPSA) is 77.1 Å². The van der Waals surface area contributed by atoms with Gasteiger partial charge in [-0.25, -0.2) is 4.98 Å². The van der Waals surface area contributed by atoms with Gasteiger partial charge in [0.15, 0.2) is 11.5 Å². The van der Waals surface area contributed by atoms with E-state index in [1.807, 2.05) is 59.1 Å². The molecule has 3 aromatic heterocycles. The Balaban J connectivity index is 1.54. The number of aromatic nitrogens is 5. The highest BCUT2D eigenvalue weighted by Crippen LogP contribution is 2.11. The zero-order chi connectivity index (χ0) is 16.4. The minimum atomic E-state index is -0.218. The molecule has 0 atom stereocenters. The van der Waals surface area contributed by atoms with E-state index in [0.29, 0.717) is 11.5 Å². The summed E-state index contributed by atoms with van der Waals surface area (Å²) in [7, 11) is 0. The Morgan fingerprint density at radius 3 is 2.75 bits per heavy atom. The number of amides is 1. The standard InChI is InChI=1S/C17H14N6O/c24-17(14-10-18-12-23(14)13-6-2-1-3-7-13)19-11-16-21-20-15-8-4-5-9-22(15)16/h1-10,12H,11H2,(H,19,24). The minimum absolute atomic E-state index is 0.218. The van der Waals surface area contributed by atoms with Crippen LogP contribution in [0.25, 0.3) is 11.3 Å². The number of nitrogens with one attached hydrogen (secondary N) is 1. The first-order valence-electron chi connectivity index (χ1n) is 7.47. The molecule has 0 aliphatic carbocycles. The molecular formula is C17H14N6O. The molecule has 0 saturated carbocycles. The van der Waals surface area contributed by atoms with Gasteiger partial charge >= 0.3 is 0 Å². The summed E-state index contributed by atoms with van der Waals surface area (Å²) in [5.74, 6) is 0.453. The lowest BCUT2D eigenvalue weighted by atomic mass is 10.3. The number of nitrogens with zero attached hydrogens (tertiary/aromatic N) is 5. The Labute approximate surface area is 137 Å². The van der Waals surface area contributed by atoms with Gasteiger partial charge in [-0.2, -0.15) is 0 Å². The summed E-state index contributed by atoms with van der Waals surface area (Å²) in [4.78, 5) is 16.6. The van der Waals surface area contributed by atoms with Gasteiger partial charge in [-0.1, -0.05) is 24.3 Å². The maximum absolute atomic E-state index is 12.5. The second-order valence-electron chi connectivity index (χ2n) is 5.21. The molecule has 4 rings (SSSR count). The molecule has 1 aromatic carbocycles. The molecule has 1 N–H and O–H groups in total. The van der Waals surface area contributed by atoms with Crippen LogP contribution in [-0.2, 0) is 6.54 Å². The normalized spacial score (nSPS) is 10.8. The van der Waals surface area contributed by atoms with Crippen molar-refractivity contribution in [2.24, 2.45) is 0 Å². The molecule has 4 aromatic rings. The molecule has 0 saturated heterocycles. The molecule has 0 spiro atoms. The number of imidazole rings is 1. The summed E-state index contributed by atoms with van der Waals surface area (Å²) in [6, 6.07) is 15.3. The van der Waals surface area contributed by atoms with Crippen LogP contribution in [0.3, 0.4) is 0 Å². The van der Waals surface area contributed by atoms with Crippen molar-refractivity contribution in [1.29, 1.82) is 0 Å². The van der Waals surface area contributed by atoms with Crippen LogP contribution in [0.5, 0.6) is 0 Å². The van der Waals surface area contributed by atoms with Gasteiger partial charge in [0.25, 0.3) is 5.91 Å². The lowest BCUT2D eigenvalue weighted by Crippen LogP contribution is -2.26. The van der Waals surface area contributed by atoms with Crippen molar-refractivity contribution in [3.8, 4) is 5.69 Å². The van der Waals surface area contributed by atoms with Gasteiger partial charge in [0.1, 0.15) is 5.69 Å². The Morgan fingerprint density at radius 2 is 1.88 bits per heavy atom. The number of rotatable bonds is 4. The van der Waals surface area contributed by atoms with Crippen LogP contribution in [0.1, 0.15) is 16.3 Å². The number of benzene rings is 1. The number of hydrogen-bond donors (Lipinski definition) is 1. The van der Waals surface area contributed by atoms with E-state index in [1.165, 1.54) is 0 Å². The van der Waals surface area contributed by atoms with Crippen molar-refractivity contribution < 1.29 is 4.79 Å². The first kappa shape index (κ1) is 14.1. The number of hydrogen-bond acceptors (Lipinski definition) is 4. The number of carbonyl (C=O) groups is 1. The van der Waals surface area contributed by atoms with E-state index < -0.39 is 0 Å². The molecule has 7 nitrogen and oxygen atoms in total. The third-order valence-electron chi connectivity index (χ3n) is 3.70. The molecule has 24 heavy (non-hydrogen) atoms. The molecule has 0 unspecified atom stereocenters. The highest BCUT2D eigenvalue weighted by molar-refractivity contribution is 5.92. The third kappa shape index (κ3) is 2.52. The van der Waals surface area contributed by atoms with Gasteiger partial charge in [0.2, 0.25) is 0 Å². The monoisotopic (exact) mass is 318 g/mol. The van der Waals surface area contributed by atoms with E-state index in [4.69, 9.17) is 0 Å². The van der Waals surface area contributed by atoms with Crippen LogP contribution in [0.2, 0.25) is 0 Å². The summed E-state index contributed by atoms with van der Waals surface area (Å²) in [6.45, 7) is 0.282. The fraction of sp³-hybridized carbons (Fsp3) is 0.0588. The molecule has 0 aliphatic rings. The van der Waals surface area contributed by atoms with Crippen LogP contribution in [0.15, 0.2) is 67.3 Å². The highest BCUT2D eigenvalue weighted by atomic mass is 16.2. The number of carbonyl (C=O) groups excluding carboxylic acids is 1. The van der Waals surface area contributed by atoms with Crippen molar-refractivity contribution in [1.82, 2.24) is 29.5 Å². The van der Waals surface area contributed by atoms with Crippen LogP contribution >= 0.6 is 0 Å². The lowest BCUT2D eigenvalue weighted by Gasteiger charge is -2.08. The minimum Gasteiger partial charge on any atom is -0.343 e. The quantitative estimate of drug-likeness (QED) is 0.623. The second-order valence-corrected chi connectivity index (χ2v) is 5.21. The van der Waals surface area contributed by atoms with Crippen molar-refractivity contribution in [2.45, 2.75) is 6.54 Å². The van der Waals surface area contributed by atoms with E-state index in [1.54, 1.807) is 17.1 Å². The predicted molar refractivity (Wildman–Crippen MR) is 87.7 cm³/mol. The first-order valence-corrected chi connectivity index (χ1v) is 7.47. The SMILES string of the molecule is O=C(NCc1nnc2ccccn12)c1cncn1-c1ccccc1.